The second-order valence-corrected chi connectivity index (χ2v) is 7.01. The van der Waals surface area contributed by atoms with Crippen molar-refractivity contribution in [3.63, 3.8) is 0 Å². The largest absolute Gasteiger partial charge is 0.326 e. The zero-order chi connectivity index (χ0) is 20.5. The van der Waals surface area contributed by atoms with Crippen LogP contribution in [0.2, 0.25) is 0 Å². The molecule has 0 saturated carbocycles. The summed E-state index contributed by atoms with van der Waals surface area (Å²) in [5, 5.41) is 9.23. The van der Waals surface area contributed by atoms with Gasteiger partial charge < -0.3 is 9.80 Å². The molecule has 1 fully saturated rings. The highest BCUT2D eigenvalue weighted by atomic mass is 19.1. The van der Waals surface area contributed by atoms with Crippen molar-refractivity contribution in [3.8, 4) is 6.07 Å². The SMILES string of the molecule is CN1C(=O)C(C)(Cc2ccccc2)N(C)C(=O)C1=Cc1c(F)cccc1C#N. The Labute approximate surface area is 163 Å². The lowest BCUT2D eigenvalue weighted by Gasteiger charge is -2.45. The highest BCUT2D eigenvalue weighted by Crippen LogP contribution is 2.31. The summed E-state index contributed by atoms with van der Waals surface area (Å²) < 4.78 is 14.3. The van der Waals surface area contributed by atoms with Crippen LogP contribution in [0.5, 0.6) is 0 Å². The van der Waals surface area contributed by atoms with Crippen LogP contribution < -0.4 is 0 Å². The van der Waals surface area contributed by atoms with Crippen molar-refractivity contribution in [2.24, 2.45) is 0 Å². The Balaban J connectivity index is 2.03. The van der Waals surface area contributed by atoms with Gasteiger partial charge in [-0.1, -0.05) is 36.4 Å². The number of benzene rings is 2. The molecule has 1 atom stereocenters. The normalized spacial score (nSPS) is 21.2. The standard InChI is InChI=1S/C22H20FN3O2/c1-22(13-15-8-5-4-6-9-15)21(28)25(2)19(20(27)26(22)3)12-17-16(14-24)10-7-11-18(17)23/h4-12H,13H2,1-3H3. The number of hydrogen-bond donors (Lipinski definition) is 0. The molecule has 0 bridgehead atoms. The summed E-state index contributed by atoms with van der Waals surface area (Å²) in [7, 11) is 3.06. The molecule has 1 aliphatic rings. The average Bonchev–Trinajstić information content (AvgIpc) is 2.70. The fourth-order valence-corrected chi connectivity index (χ4v) is 3.42. The van der Waals surface area contributed by atoms with Crippen LogP contribution >= 0.6 is 0 Å². The van der Waals surface area contributed by atoms with E-state index in [1.807, 2.05) is 36.4 Å². The summed E-state index contributed by atoms with van der Waals surface area (Å²) in [6.45, 7) is 1.72. The van der Waals surface area contributed by atoms with Gasteiger partial charge in [-0.2, -0.15) is 5.26 Å². The first-order valence-electron chi connectivity index (χ1n) is 8.80. The minimum Gasteiger partial charge on any atom is -0.326 e. The minimum atomic E-state index is -1.07. The van der Waals surface area contributed by atoms with Crippen LogP contribution in [0.1, 0.15) is 23.6 Å². The molecule has 1 unspecified atom stereocenters. The summed E-state index contributed by atoms with van der Waals surface area (Å²) in [5.74, 6) is -1.31. The van der Waals surface area contributed by atoms with Gasteiger partial charge in [0.15, 0.2) is 0 Å². The number of nitrogens with zero attached hydrogens (tertiary/aromatic N) is 3. The van der Waals surface area contributed by atoms with Crippen LogP contribution in [0, 0.1) is 17.1 Å². The Bertz CT molecular complexity index is 1010. The van der Waals surface area contributed by atoms with Gasteiger partial charge in [0.25, 0.3) is 11.8 Å². The highest BCUT2D eigenvalue weighted by molar-refractivity contribution is 6.08. The molecule has 1 saturated heterocycles. The third-order valence-electron chi connectivity index (χ3n) is 5.24. The fourth-order valence-electron chi connectivity index (χ4n) is 3.42. The Hall–Kier alpha value is -3.46. The van der Waals surface area contributed by atoms with E-state index in [9.17, 15) is 19.2 Å². The third kappa shape index (κ3) is 3.16. The number of carbonyl (C=O) groups excluding carboxylic acids is 2. The van der Waals surface area contributed by atoms with Crippen molar-refractivity contribution in [1.29, 1.82) is 5.26 Å². The number of hydrogen-bond acceptors (Lipinski definition) is 3. The zero-order valence-electron chi connectivity index (χ0n) is 15.9. The highest BCUT2D eigenvalue weighted by Gasteiger charge is 2.48. The Morgan fingerprint density at radius 1 is 1.11 bits per heavy atom. The van der Waals surface area contributed by atoms with Crippen molar-refractivity contribution >= 4 is 17.9 Å². The minimum absolute atomic E-state index is 0.00642. The molecule has 1 aliphatic heterocycles. The molecule has 0 N–H and O–H groups in total. The van der Waals surface area contributed by atoms with E-state index in [-0.39, 0.29) is 22.7 Å². The molecule has 1 heterocycles. The van der Waals surface area contributed by atoms with E-state index in [1.165, 1.54) is 41.1 Å². The summed E-state index contributed by atoms with van der Waals surface area (Å²) in [4.78, 5) is 28.9. The number of halogens is 1. The number of likely N-dealkylation sites (N-methyl/N-ethyl adjacent to an activating group) is 2. The number of carbonyl (C=O) groups is 2. The van der Waals surface area contributed by atoms with Gasteiger partial charge in [-0.3, -0.25) is 9.59 Å². The van der Waals surface area contributed by atoms with Gasteiger partial charge in [0, 0.05) is 26.1 Å². The number of amides is 2. The first-order chi connectivity index (χ1) is 13.3. The van der Waals surface area contributed by atoms with Crippen molar-refractivity contribution in [2.75, 3.05) is 14.1 Å². The molecule has 2 aromatic rings. The quantitative estimate of drug-likeness (QED) is 0.773. The summed E-state index contributed by atoms with van der Waals surface area (Å²) >= 11 is 0. The first kappa shape index (κ1) is 19.3. The molecule has 3 rings (SSSR count). The molecule has 2 amide bonds. The lowest BCUT2D eigenvalue weighted by molar-refractivity contribution is -0.155. The monoisotopic (exact) mass is 377 g/mol. The Kier molecular flexibility index (Phi) is 5.02. The van der Waals surface area contributed by atoms with Crippen LogP contribution in [0.3, 0.4) is 0 Å². The second-order valence-electron chi connectivity index (χ2n) is 7.01. The lowest BCUT2D eigenvalue weighted by Crippen LogP contribution is -2.64. The van der Waals surface area contributed by atoms with Gasteiger partial charge in [-0.25, -0.2) is 4.39 Å². The molecule has 0 radical (unpaired) electrons. The van der Waals surface area contributed by atoms with Crippen molar-refractivity contribution in [2.45, 2.75) is 18.9 Å². The van der Waals surface area contributed by atoms with E-state index < -0.39 is 17.3 Å². The molecular formula is C22H20FN3O2. The van der Waals surface area contributed by atoms with E-state index in [1.54, 1.807) is 14.0 Å². The zero-order valence-corrected chi connectivity index (χ0v) is 15.9. The molecule has 0 spiro atoms. The smallest absolute Gasteiger partial charge is 0.271 e. The number of nitriles is 1. The van der Waals surface area contributed by atoms with Crippen LogP contribution in [0.15, 0.2) is 54.2 Å². The van der Waals surface area contributed by atoms with Gasteiger partial charge in [0.2, 0.25) is 0 Å². The summed E-state index contributed by atoms with van der Waals surface area (Å²) in [6.07, 6.45) is 1.63. The molecule has 2 aromatic carbocycles. The van der Waals surface area contributed by atoms with E-state index in [0.717, 1.165) is 5.56 Å². The van der Waals surface area contributed by atoms with E-state index in [2.05, 4.69) is 0 Å². The van der Waals surface area contributed by atoms with Crippen molar-refractivity contribution in [1.82, 2.24) is 9.80 Å². The molecule has 5 nitrogen and oxygen atoms in total. The predicted molar refractivity (Wildman–Crippen MR) is 103 cm³/mol. The lowest BCUT2D eigenvalue weighted by atomic mass is 9.87. The number of rotatable bonds is 3. The molecule has 0 aliphatic carbocycles. The van der Waals surface area contributed by atoms with E-state index in [0.29, 0.717) is 6.42 Å². The van der Waals surface area contributed by atoms with Crippen molar-refractivity contribution in [3.05, 3.63) is 76.7 Å². The maximum absolute atomic E-state index is 14.3. The molecule has 142 valence electrons. The van der Waals surface area contributed by atoms with Gasteiger partial charge in [-0.05, 0) is 30.7 Å². The van der Waals surface area contributed by atoms with Crippen LogP contribution in [-0.4, -0.2) is 41.2 Å². The van der Waals surface area contributed by atoms with Crippen molar-refractivity contribution < 1.29 is 14.0 Å². The fraction of sp³-hybridized carbons (Fsp3) is 0.227. The maximum atomic E-state index is 14.3. The summed E-state index contributed by atoms with van der Waals surface area (Å²) in [5.41, 5.74) is -0.0218. The van der Waals surface area contributed by atoms with Gasteiger partial charge in [0.05, 0.1) is 11.6 Å². The van der Waals surface area contributed by atoms with E-state index in [4.69, 9.17) is 0 Å². The predicted octanol–water partition coefficient (Wildman–Crippen LogP) is 2.97. The average molecular weight is 377 g/mol. The van der Waals surface area contributed by atoms with Gasteiger partial charge in [-0.15, -0.1) is 0 Å². The summed E-state index contributed by atoms with van der Waals surface area (Å²) in [6, 6.07) is 15.5. The van der Waals surface area contributed by atoms with Crippen LogP contribution in [0.25, 0.3) is 6.08 Å². The van der Waals surface area contributed by atoms with Gasteiger partial charge >= 0.3 is 0 Å². The van der Waals surface area contributed by atoms with E-state index >= 15 is 0 Å². The topological polar surface area (TPSA) is 64.4 Å². The molecule has 6 heteroatoms. The number of piperazine rings is 1. The maximum Gasteiger partial charge on any atom is 0.271 e. The Morgan fingerprint density at radius 2 is 1.79 bits per heavy atom. The van der Waals surface area contributed by atoms with Gasteiger partial charge in [0.1, 0.15) is 17.1 Å². The van der Waals surface area contributed by atoms with Crippen LogP contribution in [-0.2, 0) is 16.0 Å². The molecule has 0 aromatic heterocycles. The van der Waals surface area contributed by atoms with Crippen LogP contribution in [0.4, 0.5) is 4.39 Å². The molecule has 28 heavy (non-hydrogen) atoms. The third-order valence-corrected chi connectivity index (χ3v) is 5.24. The molecular weight excluding hydrogens is 357 g/mol. The Morgan fingerprint density at radius 3 is 2.43 bits per heavy atom. The first-order valence-corrected chi connectivity index (χ1v) is 8.80. The second kappa shape index (κ2) is 7.28.